The van der Waals surface area contributed by atoms with E-state index in [1.807, 2.05) is 24.3 Å². The molecule has 3 aromatic rings. The lowest BCUT2D eigenvalue weighted by molar-refractivity contribution is 0.0600. The largest absolute Gasteiger partial charge is 0.465 e. The Morgan fingerprint density at radius 1 is 1.00 bits per heavy atom. The Morgan fingerprint density at radius 3 is 2.29 bits per heavy atom. The number of amides is 1. The van der Waals surface area contributed by atoms with Crippen LogP contribution in [0.2, 0.25) is 0 Å². The number of esters is 1. The van der Waals surface area contributed by atoms with Gasteiger partial charge in [-0.3, -0.25) is 0 Å². The van der Waals surface area contributed by atoms with Crippen molar-refractivity contribution in [3.63, 3.8) is 0 Å². The number of aromatic nitrogens is 1. The third-order valence-corrected chi connectivity index (χ3v) is 5.07. The molecule has 1 amide bonds. The lowest BCUT2D eigenvalue weighted by Crippen LogP contribution is -2.26. The summed E-state index contributed by atoms with van der Waals surface area (Å²) in [6.07, 6.45) is 0.875. The van der Waals surface area contributed by atoms with Crippen LogP contribution >= 0.6 is 0 Å². The normalized spacial score (nSPS) is 11.5. The average Bonchev–Trinajstić information content (AvgIpc) is 3.14. The lowest BCUT2D eigenvalue weighted by atomic mass is 9.98. The number of rotatable bonds is 4. The number of benzene rings is 2. The summed E-state index contributed by atoms with van der Waals surface area (Å²) in [4.78, 5) is 27.6. The van der Waals surface area contributed by atoms with Crippen molar-refractivity contribution in [3.05, 3.63) is 89.2 Å². The Hall–Kier alpha value is -4.11. The highest BCUT2D eigenvalue weighted by Gasteiger charge is 2.28. The van der Waals surface area contributed by atoms with Gasteiger partial charge in [-0.2, -0.15) is 0 Å². The summed E-state index contributed by atoms with van der Waals surface area (Å²) in [5.41, 5.74) is 5.54. The van der Waals surface area contributed by atoms with Gasteiger partial charge in [0.25, 0.3) is 0 Å². The fraction of sp³-hybridized carbons (Fsp3) is 0.160. The van der Waals surface area contributed by atoms with Gasteiger partial charge in [0.15, 0.2) is 0 Å². The molecule has 0 unspecified atom stereocenters. The zero-order chi connectivity index (χ0) is 21.6. The summed E-state index contributed by atoms with van der Waals surface area (Å²) in [7, 11) is 1.31. The number of carbonyl (C=O) groups is 2. The van der Waals surface area contributed by atoms with Gasteiger partial charge in [0.1, 0.15) is 12.3 Å². The molecule has 154 valence electrons. The number of pyridine rings is 1. The molecule has 4 rings (SSSR count). The minimum absolute atomic E-state index is 0.0155. The van der Waals surface area contributed by atoms with Crippen molar-refractivity contribution in [2.45, 2.75) is 5.92 Å². The van der Waals surface area contributed by atoms with E-state index in [2.05, 4.69) is 51.1 Å². The fourth-order valence-electron chi connectivity index (χ4n) is 3.61. The average molecular weight is 412 g/mol. The van der Waals surface area contributed by atoms with Crippen molar-refractivity contribution in [2.24, 2.45) is 0 Å². The predicted octanol–water partition coefficient (Wildman–Crippen LogP) is 3.76. The molecule has 0 fully saturated rings. The van der Waals surface area contributed by atoms with Gasteiger partial charge in [-0.1, -0.05) is 54.5 Å². The smallest absolute Gasteiger partial charge is 0.407 e. The molecule has 31 heavy (non-hydrogen) atoms. The van der Waals surface area contributed by atoms with E-state index in [0.29, 0.717) is 11.3 Å². The van der Waals surface area contributed by atoms with Crippen molar-refractivity contribution < 1.29 is 19.1 Å². The fourth-order valence-corrected chi connectivity index (χ4v) is 3.61. The molecular formula is C25H20N2O4. The second kappa shape index (κ2) is 9.14. The number of carbonyl (C=O) groups excluding carboxylic acids is 2. The quantitative estimate of drug-likeness (QED) is 0.522. The van der Waals surface area contributed by atoms with E-state index in [0.717, 1.165) is 11.1 Å². The maximum Gasteiger partial charge on any atom is 0.407 e. The molecule has 0 saturated heterocycles. The first kappa shape index (κ1) is 20.2. The van der Waals surface area contributed by atoms with Crippen molar-refractivity contribution in [2.75, 3.05) is 20.3 Å². The lowest BCUT2D eigenvalue weighted by Gasteiger charge is -2.14. The van der Waals surface area contributed by atoms with Crippen molar-refractivity contribution in [3.8, 4) is 23.0 Å². The van der Waals surface area contributed by atoms with Crippen LogP contribution in [0.25, 0.3) is 11.1 Å². The molecular weight excluding hydrogens is 392 g/mol. The number of fused-ring (bicyclic) bond motifs is 3. The Labute approximate surface area is 180 Å². The van der Waals surface area contributed by atoms with Crippen LogP contribution in [0.3, 0.4) is 0 Å². The molecule has 0 aliphatic heterocycles. The third-order valence-electron chi connectivity index (χ3n) is 5.07. The SMILES string of the molecule is COC(=O)c1ccc(C#CCNC(=O)OCC2c3ccccc3-c3ccccc32)nc1. The van der Waals surface area contributed by atoms with Gasteiger partial charge in [-0.15, -0.1) is 0 Å². The number of nitrogens with zero attached hydrogens (tertiary/aromatic N) is 1. The van der Waals surface area contributed by atoms with Gasteiger partial charge in [0.2, 0.25) is 0 Å². The molecule has 0 bridgehead atoms. The summed E-state index contributed by atoms with van der Waals surface area (Å²) in [6.45, 7) is 0.376. The Kier molecular flexibility index (Phi) is 5.95. The topological polar surface area (TPSA) is 77.5 Å². The standard InChI is InChI=1S/C25H20N2O4/c1-30-24(28)17-12-13-18(27-15-17)7-6-14-26-25(29)31-16-23-21-10-4-2-8-19(21)20-9-3-5-11-22(20)23/h2-5,8-13,15,23H,14,16H2,1H3,(H,26,29). The van der Waals surface area contributed by atoms with E-state index in [4.69, 9.17) is 4.74 Å². The second-order valence-electron chi connectivity index (χ2n) is 6.90. The zero-order valence-electron chi connectivity index (χ0n) is 16.9. The van der Waals surface area contributed by atoms with Gasteiger partial charge in [-0.25, -0.2) is 14.6 Å². The van der Waals surface area contributed by atoms with E-state index >= 15 is 0 Å². The predicted molar refractivity (Wildman–Crippen MR) is 116 cm³/mol. The van der Waals surface area contributed by atoms with Crippen molar-refractivity contribution >= 4 is 12.1 Å². The Balaban J connectivity index is 1.31. The number of ether oxygens (including phenoxy) is 2. The summed E-state index contributed by atoms with van der Waals surface area (Å²) in [5, 5.41) is 2.63. The van der Waals surface area contributed by atoms with Crippen LogP contribution in [0.5, 0.6) is 0 Å². The molecule has 0 saturated carbocycles. The number of hydrogen-bond donors (Lipinski definition) is 1. The Bertz CT molecular complexity index is 1130. The summed E-state index contributed by atoms with van der Waals surface area (Å²) >= 11 is 0. The highest BCUT2D eigenvalue weighted by molar-refractivity contribution is 5.88. The van der Waals surface area contributed by atoms with E-state index in [-0.39, 0.29) is 19.1 Å². The van der Waals surface area contributed by atoms with Gasteiger partial charge in [-0.05, 0) is 40.3 Å². The number of nitrogens with one attached hydrogen (secondary N) is 1. The monoisotopic (exact) mass is 412 g/mol. The first-order chi connectivity index (χ1) is 15.2. The minimum atomic E-state index is -0.523. The van der Waals surface area contributed by atoms with Crippen LogP contribution in [0.1, 0.15) is 33.1 Å². The third kappa shape index (κ3) is 4.41. The van der Waals surface area contributed by atoms with Gasteiger partial charge in [0.05, 0.1) is 19.2 Å². The van der Waals surface area contributed by atoms with E-state index < -0.39 is 12.1 Å². The number of hydrogen-bond acceptors (Lipinski definition) is 5. The van der Waals surface area contributed by atoms with Crippen LogP contribution in [0, 0.1) is 11.8 Å². The van der Waals surface area contributed by atoms with Crippen molar-refractivity contribution in [1.29, 1.82) is 0 Å². The van der Waals surface area contributed by atoms with Gasteiger partial charge < -0.3 is 14.8 Å². The highest BCUT2D eigenvalue weighted by atomic mass is 16.5. The highest BCUT2D eigenvalue weighted by Crippen LogP contribution is 2.44. The van der Waals surface area contributed by atoms with Gasteiger partial charge >= 0.3 is 12.1 Å². The van der Waals surface area contributed by atoms with E-state index in [1.165, 1.54) is 24.4 Å². The number of methoxy groups -OCH3 is 1. The summed E-state index contributed by atoms with van der Waals surface area (Å²) < 4.78 is 10.1. The maximum atomic E-state index is 12.1. The first-order valence-corrected chi connectivity index (χ1v) is 9.79. The van der Waals surface area contributed by atoms with Gasteiger partial charge in [0, 0.05) is 12.1 Å². The van der Waals surface area contributed by atoms with Crippen molar-refractivity contribution in [1.82, 2.24) is 10.3 Å². The molecule has 6 nitrogen and oxygen atoms in total. The molecule has 0 spiro atoms. The molecule has 1 heterocycles. The molecule has 1 aliphatic carbocycles. The molecule has 0 atom stereocenters. The van der Waals surface area contributed by atoms with Crippen LogP contribution in [0.4, 0.5) is 4.79 Å². The first-order valence-electron chi connectivity index (χ1n) is 9.79. The molecule has 1 aliphatic rings. The molecule has 1 aromatic heterocycles. The minimum Gasteiger partial charge on any atom is -0.465 e. The molecule has 6 heteroatoms. The Morgan fingerprint density at radius 2 is 1.68 bits per heavy atom. The zero-order valence-corrected chi connectivity index (χ0v) is 16.9. The van der Waals surface area contributed by atoms with Crippen LogP contribution in [0.15, 0.2) is 66.9 Å². The van der Waals surface area contributed by atoms with Crippen LogP contribution in [-0.4, -0.2) is 37.3 Å². The van der Waals surface area contributed by atoms with Crippen LogP contribution in [-0.2, 0) is 9.47 Å². The maximum absolute atomic E-state index is 12.1. The second-order valence-corrected chi connectivity index (χ2v) is 6.90. The molecule has 2 aromatic carbocycles. The molecule has 1 N–H and O–H groups in total. The summed E-state index contributed by atoms with van der Waals surface area (Å²) in [6, 6.07) is 19.6. The number of alkyl carbamates (subject to hydrolysis) is 1. The van der Waals surface area contributed by atoms with E-state index in [9.17, 15) is 9.59 Å². The summed E-state index contributed by atoms with van der Waals surface area (Å²) in [5.74, 6) is 5.20. The van der Waals surface area contributed by atoms with E-state index in [1.54, 1.807) is 12.1 Å². The molecule has 0 radical (unpaired) electrons. The van der Waals surface area contributed by atoms with Crippen LogP contribution < -0.4 is 5.32 Å².